The normalized spacial score (nSPS) is 19.8. The summed E-state index contributed by atoms with van der Waals surface area (Å²) < 4.78 is 5.37. The van der Waals surface area contributed by atoms with Crippen molar-refractivity contribution in [2.45, 2.75) is 26.3 Å². The van der Waals surface area contributed by atoms with E-state index in [0.717, 1.165) is 37.6 Å². The van der Waals surface area contributed by atoms with Crippen LogP contribution in [0, 0.1) is 12.8 Å². The van der Waals surface area contributed by atoms with E-state index in [1.807, 2.05) is 12.1 Å². The molecule has 0 bridgehead atoms. The van der Waals surface area contributed by atoms with Gasteiger partial charge in [0.1, 0.15) is 0 Å². The van der Waals surface area contributed by atoms with Crippen LogP contribution in [0.25, 0.3) is 11.5 Å². The minimum Gasteiger partial charge on any atom is -0.334 e. The molecule has 1 aliphatic rings. The van der Waals surface area contributed by atoms with Crippen LogP contribution >= 0.6 is 0 Å². The van der Waals surface area contributed by atoms with Gasteiger partial charge in [-0.15, -0.1) is 0 Å². The van der Waals surface area contributed by atoms with E-state index in [0.29, 0.717) is 11.8 Å². The Hall–Kier alpha value is -1.72. The lowest BCUT2D eigenvalue weighted by atomic mass is 9.98. The summed E-state index contributed by atoms with van der Waals surface area (Å²) in [5, 5.41) is 4.10. The van der Waals surface area contributed by atoms with Gasteiger partial charge in [0.25, 0.3) is 5.89 Å². The van der Waals surface area contributed by atoms with Gasteiger partial charge >= 0.3 is 0 Å². The number of nitrogens with two attached hydrogens (primary N) is 1. The van der Waals surface area contributed by atoms with Gasteiger partial charge in [0.2, 0.25) is 0 Å². The van der Waals surface area contributed by atoms with E-state index in [-0.39, 0.29) is 0 Å². The van der Waals surface area contributed by atoms with Gasteiger partial charge in [0.15, 0.2) is 5.82 Å². The zero-order valence-electron chi connectivity index (χ0n) is 12.5. The number of aromatic nitrogens is 2. The summed E-state index contributed by atoms with van der Waals surface area (Å²) in [7, 11) is 0. The molecule has 1 fully saturated rings. The molecule has 21 heavy (non-hydrogen) atoms. The molecule has 0 aliphatic carbocycles. The first kappa shape index (κ1) is 14.2. The number of nitrogens with zero attached hydrogens (tertiary/aromatic N) is 3. The van der Waals surface area contributed by atoms with E-state index >= 15 is 0 Å². The van der Waals surface area contributed by atoms with Crippen LogP contribution in [0.2, 0.25) is 0 Å². The highest BCUT2D eigenvalue weighted by Gasteiger charge is 2.20. The third-order valence-electron chi connectivity index (χ3n) is 4.07. The lowest BCUT2D eigenvalue weighted by Gasteiger charge is -2.30. The lowest BCUT2D eigenvalue weighted by molar-refractivity contribution is 0.166. The fourth-order valence-corrected chi connectivity index (χ4v) is 2.82. The van der Waals surface area contributed by atoms with Gasteiger partial charge in [-0.3, -0.25) is 4.90 Å². The van der Waals surface area contributed by atoms with E-state index in [2.05, 4.69) is 34.1 Å². The van der Waals surface area contributed by atoms with Gasteiger partial charge in [0.05, 0.1) is 6.54 Å². The van der Waals surface area contributed by atoms with Crippen molar-refractivity contribution in [1.29, 1.82) is 0 Å². The Morgan fingerprint density at radius 1 is 1.33 bits per heavy atom. The molecule has 0 spiro atoms. The van der Waals surface area contributed by atoms with Crippen molar-refractivity contribution in [2.24, 2.45) is 11.7 Å². The van der Waals surface area contributed by atoms with Crippen molar-refractivity contribution in [1.82, 2.24) is 15.0 Å². The van der Waals surface area contributed by atoms with Crippen LogP contribution in [0.3, 0.4) is 0 Å². The Morgan fingerprint density at radius 3 is 2.90 bits per heavy atom. The second kappa shape index (κ2) is 6.37. The molecule has 3 rings (SSSR count). The fraction of sp³-hybridized carbons (Fsp3) is 0.500. The second-order valence-electron chi connectivity index (χ2n) is 5.86. The van der Waals surface area contributed by atoms with Gasteiger partial charge in [-0.05, 0) is 50.9 Å². The minimum absolute atomic E-state index is 0.595. The molecule has 1 aromatic heterocycles. The maximum Gasteiger partial charge on any atom is 0.257 e. The van der Waals surface area contributed by atoms with Gasteiger partial charge in [-0.2, -0.15) is 4.98 Å². The summed E-state index contributed by atoms with van der Waals surface area (Å²) in [6.45, 7) is 5.69. The second-order valence-corrected chi connectivity index (χ2v) is 5.86. The molecule has 112 valence electrons. The van der Waals surface area contributed by atoms with E-state index < -0.39 is 0 Å². The predicted molar refractivity (Wildman–Crippen MR) is 81.5 cm³/mol. The van der Waals surface area contributed by atoms with Crippen molar-refractivity contribution in [2.75, 3.05) is 19.6 Å². The molecule has 1 aromatic carbocycles. The van der Waals surface area contributed by atoms with Gasteiger partial charge < -0.3 is 10.3 Å². The first-order chi connectivity index (χ1) is 10.2. The number of likely N-dealkylation sites (tertiary alicyclic amines) is 1. The molecule has 1 atom stereocenters. The average molecular weight is 286 g/mol. The molecule has 2 N–H and O–H groups in total. The third kappa shape index (κ3) is 3.49. The zero-order chi connectivity index (χ0) is 14.7. The maximum atomic E-state index is 5.77. The Morgan fingerprint density at radius 2 is 2.14 bits per heavy atom. The third-order valence-corrected chi connectivity index (χ3v) is 4.07. The first-order valence-electron chi connectivity index (χ1n) is 7.56. The Labute approximate surface area is 125 Å². The Bertz CT molecular complexity index is 578. The molecule has 2 heterocycles. The number of rotatable bonds is 4. The summed E-state index contributed by atoms with van der Waals surface area (Å²) in [5.41, 5.74) is 7.97. The molecule has 5 nitrogen and oxygen atoms in total. The maximum absolute atomic E-state index is 5.77. The van der Waals surface area contributed by atoms with Crippen LogP contribution in [0.5, 0.6) is 0 Å². The van der Waals surface area contributed by atoms with Gasteiger partial charge in [-0.1, -0.05) is 22.9 Å². The largest absolute Gasteiger partial charge is 0.334 e. The molecule has 1 saturated heterocycles. The number of hydrogen-bond donors (Lipinski definition) is 1. The molecular formula is C16H22N4O. The predicted octanol–water partition coefficient (Wildman–Crippen LogP) is 2.22. The van der Waals surface area contributed by atoms with Crippen molar-refractivity contribution < 1.29 is 4.52 Å². The van der Waals surface area contributed by atoms with Crippen molar-refractivity contribution in [3.8, 4) is 11.5 Å². The Balaban J connectivity index is 1.66. The highest BCUT2D eigenvalue weighted by atomic mass is 16.5. The summed E-state index contributed by atoms with van der Waals surface area (Å²) in [6.07, 6.45) is 2.43. The quantitative estimate of drug-likeness (QED) is 0.933. The smallest absolute Gasteiger partial charge is 0.257 e. The SMILES string of the molecule is Cc1ccc(-c2nc(CN3CCCC(CN)C3)no2)cc1. The minimum atomic E-state index is 0.595. The molecule has 5 heteroatoms. The first-order valence-corrected chi connectivity index (χ1v) is 7.56. The van der Waals surface area contributed by atoms with E-state index in [9.17, 15) is 0 Å². The molecule has 2 aromatic rings. The van der Waals surface area contributed by atoms with E-state index in [1.165, 1.54) is 18.4 Å². The van der Waals surface area contributed by atoms with Crippen LogP contribution in [0.4, 0.5) is 0 Å². The molecular weight excluding hydrogens is 264 g/mol. The van der Waals surface area contributed by atoms with Crippen LogP contribution in [-0.2, 0) is 6.54 Å². The lowest BCUT2D eigenvalue weighted by Crippen LogP contribution is -2.38. The number of hydrogen-bond acceptors (Lipinski definition) is 5. The van der Waals surface area contributed by atoms with Crippen LogP contribution in [0.1, 0.15) is 24.2 Å². The van der Waals surface area contributed by atoms with E-state index in [4.69, 9.17) is 10.3 Å². The molecule has 0 radical (unpaired) electrons. The molecule has 0 saturated carbocycles. The fourth-order valence-electron chi connectivity index (χ4n) is 2.82. The van der Waals surface area contributed by atoms with Crippen LogP contribution < -0.4 is 5.73 Å². The standard InChI is InChI=1S/C16H22N4O/c1-12-4-6-14(7-5-12)16-18-15(19-21-16)11-20-8-2-3-13(9-17)10-20/h4-7,13H,2-3,8-11,17H2,1H3. The summed E-state index contributed by atoms with van der Waals surface area (Å²) in [4.78, 5) is 6.87. The molecule has 1 unspecified atom stereocenters. The summed E-state index contributed by atoms with van der Waals surface area (Å²) >= 11 is 0. The molecule has 0 amide bonds. The van der Waals surface area contributed by atoms with Crippen LogP contribution in [-0.4, -0.2) is 34.7 Å². The monoisotopic (exact) mass is 286 g/mol. The van der Waals surface area contributed by atoms with Crippen molar-refractivity contribution in [3.05, 3.63) is 35.7 Å². The number of piperidine rings is 1. The van der Waals surface area contributed by atoms with E-state index in [1.54, 1.807) is 0 Å². The number of benzene rings is 1. The molecule has 1 aliphatic heterocycles. The van der Waals surface area contributed by atoms with Crippen LogP contribution in [0.15, 0.2) is 28.8 Å². The number of aryl methyl sites for hydroxylation is 1. The summed E-state index contributed by atoms with van der Waals surface area (Å²) in [6, 6.07) is 8.13. The zero-order valence-corrected chi connectivity index (χ0v) is 12.5. The average Bonchev–Trinajstić information content (AvgIpc) is 2.96. The van der Waals surface area contributed by atoms with Gasteiger partial charge in [-0.25, -0.2) is 0 Å². The highest BCUT2D eigenvalue weighted by molar-refractivity contribution is 5.53. The van der Waals surface area contributed by atoms with Crippen molar-refractivity contribution in [3.63, 3.8) is 0 Å². The highest BCUT2D eigenvalue weighted by Crippen LogP contribution is 2.20. The Kier molecular flexibility index (Phi) is 4.31. The van der Waals surface area contributed by atoms with Gasteiger partial charge in [0, 0.05) is 12.1 Å². The van der Waals surface area contributed by atoms with Crippen molar-refractivity contribution >= 4 is 0 Å². The summed E-state index contributed by atoms with van der Waals surface area (Å²) in [5.74, 6) is 1.95. The topological polar surface area (TPSA) is 68.2 Å².